The third-order valence-corrected chi connectivity index (χ3v) is 10.2. The lowest BCUT2D eigenvalue weighted by molar-refractivity contribution is -0.144. The highest BCUT2D eigenvalue weighted by molar-refractivity contribution is 6.74. The van der Waals surface area contributed by atoms with E-state index >= 15 is 0 Å². The van der Waals surface area contributed by atoms with E-state index in [1.165, 1.54) is 0 Å². The smallest absolute Gasteiger partial charge is 0.312 e. The second kappa shape index (κ2) is 4.56. The molecule has 0 saturated carbocycles. The Morgan fingerprint density at radius 3 is 2.48 bits per heavy atom. The summed E-state index contributed by atoms with van der Waals surface area (Å²) in [6.45, 7) is 11.7. The van der Waals surface area contributed by atoms with Crippen molar-refractivity contribution in [3.8, 4) is 0 Å². The van der Waals surface area contributed by atoms with Gasteiger partial charge in [0.2, 0.25) is 0 Å². The topological polar surface area (TPSA) is 35.5 Å². The highest BCUT2D eigenvalue weighted by Gasteiger charge is 2.56. The Bertz CT molecular complexity index is 499. The average Bonchev–Trinajstić information content (AvgIpc) is 2.53. The summed E-state index contributed by atoms with van der Waals surface area (Å²) < 4.78 is 12.0. The molecule has 3 aliphatic carbocycles. The van der Waals surface area contributed by atoms with Crippen LogP contribution in [0.2, 0.25) is 18.1 Å². The second-order valence-electron chi connectivity index (χ2n) is 8.23. The molecule has 0 aromatic rings. The first-order valence-corrected chi connectivity index (χ1v) is 10.8. The minimum Gasteiger partial charge on any atom is -0.464 e. The van der Waals surface area contributed by atoms with Crippen molar-refractivity contribution in [1.29, 1.82) is 0 Å². The number of ether oxygens (including phenoxy) is 1. The Kier molecular flexibility index (Phi) is 3.27. The molecule has 1 spiro atoms. The van der Waals surface area contributed by atoms with Crippen molar-refractivity contribution in [2.75, 3.05) is 6.61 Å². The number of cyclic esters (lactones) is 1. The molecule has 4 heteroatoms. The van der Waals surface area contributed by atoms with Crippen LogP contribution in [0.3, 0.4) is 0 Å². The number of rotatable bonds is 2. The first-order valence-electron chi connectivity index (χ1n) is 7.88. The number of hydrogen-bond acceptors (Lipinski definition) is 3. The predicted molar refractivity (Wildman–Crippen MR) is 85.3 cm³/mol. The summed E-state index contributed by atoms with van der Waals surface area (Å²) in [6.07, 6.45) is 9.68. The van der Waals surface area contributed by atoms with E-state index in [1.807, 2.05) is 0 Å². The zero-order valence-corrected chi connectivity index (χ0v) is 14.7. The third-order valence-electron chi connectivity index (χ3n) is 5.73. The molecule has 2 unspecified atom stereocenters. The van der Waals surface area contributed by atoms with E-state index in [-0.39, 0.29) is 28.4 Å². The van der Waals surface area contributed by atoms with Crippen LogP contribution in [0.1, 0.15) is 27.2 Å². The number of carbonyl (C=O) groups excluding carboxylic acids is 1. The second-order valence-corrected chi connectivity index (χ2v) is 13.0. The molecule has 2 atom stereocenters. The summed E-state index contributed by atoms with van der Waals surface area (Å²) in [7, 11) is -1.90. The van der Waals surface area contributed by atoms with Gasteiger partial charge in [0.25, 0.3) is 0 Å². The fourth-order valence-corrected chi connectivity index (χ4v) is 4.70. The van der Waals surface area contributed by atoms with Crippen LogP contribution in [0.5, 0.6) is 0 Å². The zero-order valence-electron chi connectivity index (χ0n) is 13.7. The van der Waals surface area contributed by atoms with Gasteiger partial charge in [-0.25, -0.2) is 0 Å². The summed E-state index contributed by atoms with van der Waals surface area (Å²) in [5, 5.41) is 0.148. The molecular weight excluding hydrogens is 280 g/mol. The first-order chi connectivity index (χ1) is 9.65. The molecule has 4 aliphatic rings. The molecule has 0 aromatic carbocycles. The lowest BCUT2D eigenvalue weighted by Crippen LogP contribution is -2.48. The molecule has 1 fully saturated rings. The van der Waals surface area contributed by atoms with Gasteiger partial charge in [-0.2, -0.15) is 0 Å². The van der Waals surface area contributed by atoms with Crippen LogP contribution in [-0.4, -0.2) is 27.0 Å². The molecule has 2 bridgehead atoms. The van der Waals surface area contributed by atoms with Gasteiger partial charge >= 0.3 is 5.97 Å². The van der Waals surface area contributed by atoms with E-state index in [1.54, 1.807) is 0 Å². The largest absolute Gasteiger partial charge is 0.464 e. The minimum absolute atomic E-state index is 0.0316. The Hall–Kier alpha value is -0.873. The van der Waals surface area contributed by atoms with Crippen LogP contribution in [0.4, 0.5) is 0 Å². The van der Waals surface area contributed by atoms with Gasteiger partial charge in [0.05, 0.1) is 17.4 Å². The highest BCUT2D eigenvalue weighted by Crippen LogP contribution is 2.50. The van der Waals surface area contributed by atoms with E-state index in [2.05, 4.69) is 58.2 Å². The van der Waals surface area contributed by atoms with Gasteiger partial charge in [-0.15, -0.1) is 0 Å². The fraction of sp³-hybridized carbons (Fsp3) is 0.706. The van der Waals surface area contributed by atoms with E-state index in [0.717, 1.165) is 6.42 Å². The lowest BCUT2D eigenvalue weighted by Gasteiger charge is -2.41. The van der Waals surface area contributed by atoms with Crippen molar-refractivity contribution in [3.05, 3.63) is 24.3 Å². The van der Waals surface area contributed by atoms with Gasteiger partial charge in [-0.05, 0) is 30.5 Å². The van der Waals surface area contributed by atoms with Gasteiger partial charge in [-0.3, -0.25) is 4.79 Å². The van der Waals surface area contributed by atoms with Crippen LogP contribution in [0.15, 0.2) is 24.3 Å². The van der Waals surface area contributed by atoms with Gasteiger partial charge in [-0.1, -0.05) is 45.1 Å². The normalized spacial score (nSPS) is 38.3. The Balaban J connectivity index is 1.92. The van der Waals surface area contributed by atoms with E-state index in [4.69, 9.17) is 9.16 Å². The van der Waals surface area contributed by atoms with E-state index < -0.39 is 8.32 Å². The molecule has 0 amide bonds. The number of esters is 1. The molecule has 0 N–H and O–H groups in total. The van der Waals surface area contributed by atoms with Crippen molar-refractivity contribution < 1.29 is 14.0 Å². The summed E-state index contributed by atoms with van der Waals surface area (Å²) in [6, 6.07) is 0. The Morgan fingerprint density at radius 2 is 1.90 bits per heavy atom. The predicted octanol–water partition coefficient (Wildman–Crippen LogP) is 3.68. The molecule has 0 radical (unpaired) electrons. The summed E-state index contributed by atoms with van der Waals surface area (Å²) in [4.78, 5) is 12.3. The van der Waals surface area contributed by atoms with Crippen molar-refractivity contribution in [2.45, 2.75) is 51.4 Å². The van der Waals surface area contributed by atoms with Gasteiger partial charge in [0.15, 0.2) is 8.32 Å². The van der Waals surface area contributed by atoms with Crippen molar-refractivity contribution >= 4 is 14.3 Å². The molecule has 1 saturated heterocycles. The van der Waals surface area contributed by atoms with E-state index in [9.17, 15) is 4.79 Å². The number of fused-ring (bicyclic) bond motifs is 1. The van der Waals surface area contributed by atoms with Gasteiger partial charge in [0, 0.05) is 0 Å². The Labute approximate surface area is 128 Å². The summed E-state index contributed by atoms with van der Waals surface area (Å²) in [5.41, 5.74) is -0.267. The summed E-state index contributed by atoms with van der Waals surface area (Å²) >= 11 is 0. The van der Waals surface area contributed by atoms with Crippen LogP contribution in [0.25, 0.3) is 0 Å². The summed E-state index contributed by atoms with van der Waals surface area (Å²) in [5.74, 6) is 0.131. The molecule has 21 heavy (non-hydrogen) atoms. The Morgan fingerprint density at radius 1 is 1.29 bits per heavy atom. The molecule has 1 aliphatic heterocycles. The maximum absolute atomic E-state index is 12.3. The highest BCUT2D eigenvalue weighted by atomic mass is 28.4. The van der Waals surface area contributed by atoms with Crippen molar-refractivity contribution in [1.82, 2.24) is 0 Å². The number of carbonyl (C=O) groups is 1. The number of allylic oxidation sites excluding steroid dienone is 2. The lowest BCUT2D eigenvalue weighted by atomic mass is 9.75. The molecule has 3 nitrogen and oxygen atoms in total. The van der Waals surface area contributed by atoms with Crippen LogP contribution < -0.4 is 0 Å². The van der Waals surface area contributed by atoms with Gasteiger partial charge < -0.3 is 9.16 Å². The monoisotopic (exact) mass is 306 g/mol. The van der Waals surface area contributed by atoms with Crippen LogP contribution in [0, 0.1) is 17.3 Å². The zero-order chi connectivity index (χ0) is 15.5. The molecule has 0 aromatic heterocycles. The number of hydrogen-bond donors (Lipinski definition) is 0. The quantitative estimate of drug-likeness (QED) is 0.443. The van der Waals surface area contributed by atoms with Crippen molar-refractivity contribution in [3.63, 3.8) is 0 Å². The van der Waals surface area contributed by atoms with Crippen LogP contribution in [-0.2, 0) is 14.0 Å². The van der Waals surface area contributed by atoms with Crippen molar-refractivity contribution in [2.24, 2.45) is 17.3 Å². The maximum atomic E-state index is 12.3. The standard InChI is InChI=1S/C17H26O3Si/c1-16(2,3)21(4,5)20-13-10-12-6-8-17(9-7-12)11-19-15(18)14(13)17/h6-9,12-14H,10-11H2,1-5H3. The fourth-order valence-electron chi connectivity index (χ4n) is 3.35. The third kappa shape index (κ3) is 2.32. The molecule has 116 valence electrons. The SMILES string of the molecule is CC(C)(C)[Si](C)(C)OC1CC2C=CC3(C=C2)COC(=O)C13. The maximum Gasteiger partial charge on any atom is 0.312 e. The molecule has 4 rings (SSSR count). The average molecular weight is 306 g/mol. The molecular formula is C17H26O3Si. The molecule has 1 heterocycles. The van der Waals surface area contributed by atoms with E-state index in [0.29, 0.717) is 12.5 Å². The first kappa shape index (κ1) is 15.0. The van der Waals surface area contributed by atoms with Gasteiger partial charge in [0.1, 0.15) is 6.61 Å². The minimum atomic E-state index is -1.90. The van der Waals surface area contributed by atoms with Crippen LogP contribution >= 0.6 is 0 Å².